The number of aromatic nitrogens is 2. The fourth-order valence-electron chi connectivity index (χ4n) is 1.94. The van der Waals surface area contributed by atoms with Gasteiger partial charge in [0.2, 0.25) is 5.88 Å². The van der Waals surface area contributed by atoms with E-state index < -0.39 is 18.4 Å². The van der Waals surface area contributed by atoms with Gasteiger partial charge in [0.15, 0.2) is 5.82 Å². The summed E-state index contributed by atoms with van der Waals surface area (Å²) in [6, 6.07) is 0. The lowest BCUT2D eigenvalue weighted by molar-refractivity contribution is -0.135. The van der Waals surface area contributed by atoms with Gasteiger partial charge in [-0.15, -0.1) is 11.3 Å². The van der Waals surface area contributed by atoms with E-state index in [1.165, 1.54) is 14.2 Å². The van der Waals surface area contributed by atoms with Crippen LogP contribution in [0.5, 0.6) is 5.88 Å². The first-order valence-electron chi connectivity index (χ1n) is 6.30. The van der Waals surface area contributed by atoms with Crippen molar-refractivity contribution < 1.29 is 24.2 Å². The number of carbonyl (C=O) groups is 2. The highest BCUT2D eigenvalue weighted by Crippen LogP contribution is 2.34. The molecule has 0 unspecified atom stereocenters. The standard InChI is InChI=1S/C13H15N3O5S/c1-6-9-12(21-3)15-7(5-20-2)16-13(9)22-10(6)11(19)14-4-8(17)18/h4-5H2,1-3H3,(H,14,19)(H,17,18). The van der Waals surface area contributed by atoms with Gasteiger partial charge in [-0.1, -0.05) is 0 Å². The number of aliphatic carboxylic acids is 1. The molecule has 0 atom stereocenters. The average molecular weight is 325 g/mol. The maximum Gasteiger partial charge on any atom is 0.322 e. The van der Waals surface area contributed by atoms with Gasteiger partial charge in [0, 0.05) is 7.11 Å². The number of nitrogens with zero attached hydrogens (tertiary/aromatic N) is 2. The number of carboxylic acids is 1. The van der Waals surface area contributed by atoms with Crippen molar-refractivity contribution in [2.75, 3.05) is 20.8 Å². The molecule has 2 aromatic heterocycles. The quantitative estimate of drug-likeness (QED) is 0.814. The molecule has 0 bridgehead atoms. The monoisotopic (exact) mass is 325 g/mol. The van der Waals surface area contributed by atoms with Crippen LogP contribution in [-0.4, -0.2) is 47.7 Å². The molecule has 2 aromatic rings. The van der Waals surface area contributed by atoms with Crippen LogP contribution in [0.1, 0.15) is 21.1 Å². The second kappa shape index (κ2) is 6.67. The lowest BCUT2D eigenvalue weighted by Crippen LogP contribution is -2.28. The van der Waals surface area contributed by atoms with Gasteiger partial charge < -0.3 is 19.9 Å². The van der Waals surface area contributed by atoms with Gasteiger partial charge in [0.1, 0.15) is 18.0 Å². The van der Waals surface area contributed by atoms with Crippen LogP contribution < -0.4 is 10.1 Å². The summed E-state index contributed by atoms with van der Waals surface area (Å²) in [5.74, 6) is -0.751. The Labute approximate surface area is 130 Å². The number of carbonyl (C=O) groups excluding carboxylic acids is 1. The van der Waals surface area contributed by atoms with Gasteiger partial charge in [-0.25, -0.2) is 4.98 Å². The van der Waals surface area contributed by atoms with Gasteiger partial charge in [0.05, 0.1) is 17.4 Å². The molecule has 0 fully saturated rings. The number of amides is 1. The summed E-state index contributed by atoms with van der Waals surface area (Å²) in [4.78, 5) is 32.2. The SMILES string of the molecule is COCc1nc(OC)c2c(C)c(C(=O)NCC(=O)O)sc2n1. The van der Waals surface area contributed by atoms with E-state index in [1.807, 2.05) is 0 Å². The van der Waals surface area contributed by atoms with E-state index in [0.29, 0.717) is 32.4 Å². The van der Waals surface area contributed by atoms with E-state index in [9.17, 15) is 9.59 Å². The number of aryl methyl sites for hydroxylation is 1. The van der Waals surface area contributed by atoms with Crippen molar-refractivity contribution in [2.45, 2.75) is 13.5 Å². The highest BCUT2D eigenvalue weighted by atomic mass is 32.1. The van der Waals surface area contributed by atoms with Crippen molar-refractivity contribution in [3.05, 3.63) is 16.3 Å². The third-order valence-electron chi connectivity index (χ3n) is 2.88. The smallest absolute Gasteiger partial charge is 0.322 e. The Balaban J connectivity index is 2.47. The van der Waals surface area contributed by atoms with Crippen LogP contribution >= 0.6 is 11.3 Å². The van der Waals surface area contributed by atoms with Crippen LogP contribution in [-0.2, 0) is 16.1 Å². The lowest BCUT2D eigenvalue weighted by atomic mass is 10.2. The first kappa shape index (κ1) is 16.1. The van der Waals surface area contributed by atoms with Crippen LogP contribution in [0.2, 0.25) is 0 Å². The fourth-order valence-corrected chi connectivity index (χ4v) is 3.05. The number of ether oxygens (including phenoxy) is 2. The highest BCUT2D eigenvalue weighted by molar-refractivity contribution is 7.20. The second-order valence-electron chi connectivity index (χ2n) is 4.39. The van der Waals surface area contributed by atoms with E-state index >= 15 is 0 Å². The zero-order valence-electron chi connectivity index (χ0n) is 12.3. The minimum atomic E-state index is -1.10. The van der Waals surface area contributed by atoms with Gasteiger partial charge in [-0.05, 0) is 12.5 Å². The maximum absolute atomic E-state index is 12.1. The zero-order chi connectivity index (χ0) is 16.3. The molecule has 118 valence electrons. The molecule has 8 nitrogen and oxygen atoms in total. The molecule has 0 aliphatic rings. The maximum atomic E-state index is 12.1. The molecule has 9 heteroatoms. The van der Waals surface area contributed by atoms with Crippen LogP contribution in [0.25, 0.3) is 10.2 Å². The summed E-state index contributed by atoms with van der Waals surface area (Å²) < 4.78 is 10.3. The lowest BCUT2D eigenvalue weighted by Gasteiger charge is -2.05. The highest BCUT2D eigenvalue weighted by Gasteiger charge is 2.21. The fraction of sp³-hybridized carbons (Fsp3) is 0.385. The number of nitrogens with one attached hydrogen (secondary N) is 1. The van der Waals surface area contributed by atoms with Crippen molar-refractivity contribution in [3.63, 3.8) is 0 Å². The van der Waals surface area contributed by atoms with Gasteiger partial charge in [-0.2, -0.15) is 4.98 Å². The Morgan fingerprint density at radius 3 is 2.64 bits per heavy atom. The number of hydrogen-bond acceptors (Lipinski definition) is 7. The number of methoxy groups -OCH3 is 2. The van der Waals surface area contributed by atoms with E-state index in [2.05, 4.69) is 15.3 Å². The van der Waals surface area contributed by atoms with Crippen LogP contribution in [0, 0.1) is 6.92 Å². The summed E-state index contributed by atoms with van der Waals surface area (Å²) in [6.07, 6.45) is 0. The van der Waals surface area contributed by atoms with Gasteiger partial charge >= 0.3 is 5.97 Å². The van der Waals surface area contributed by atoms with Crippen molar-refractivity contribution in [2.24, 2.45) is 0 Å². The Morgan fingerprint density at radius 2 is 2.05 bits per heavy atom. The second-order valence-corrected chi connectivity index (χ2v) is 5.39. The molecule has 1 amide bonds. The van der Waals surface area contributed by atoms with Crippen LogP contribution in [0.4, 0.5) is 0 Å². The minimum absolute atomic E-state index is 0.226. The Kier molecular flexibility index (Phi) is 4.88. The van der Waals surface area contributed by atoms with E-state index in [0.717, 1.165) is 11.3 Å². The van der Waals surface area contributed by atoms with E-state index in [-0.39, 0.29) is 6.61 Å². The molecule has 2 rings (SSSR count). The molecule has 2 heterocycles. The minimum Gasteiger partial charge on any atom is -0.480 e. The van der Waals surface area contributed by atoms with Gasteiger partial charge in [0.25, 0.3) is 5.91 Å². The molecular formula is C13H15N3O5S. The molecule has 0 aromatic carbocycles. The molecular weight excluding hydrogens is 310 g/mol. The van der Waals surface area contributed by atoms with Gasteiger partial charge in [-0.3, -0.25) is 9.59 Å². The molecule has 0 aliphatic carbocycles. The molecule has 0 aliphatic heterocycles. The Morgan fingerprint density at radius 1 is 1.32 bits per heavy atom. The van der Waals surface area contributed by atoms with Crippen molar-refractivity contribution in [1.82, 2.24) is 15.3 Å². The summed E-state index contributed by atoms with van der Waals surface area (Å²) in [6.45, 7) is 1.53. The molecule has 0 spiro atoms. The normalized spacial score (nSPS) is 10.7. The van der Waals surface area contributed by atoms with E-state index in [4.69, 9.17) is 14.6 Å². The number of thiophene rings is 1. The number of hydrogen-bond donors (Lipinski definition) is 2. The third-order valence-corrected chi connectivity index (χ3v) is 4.06. The summed E-state index contributed by atoms with van der Waals surface area (Å²) in [5, 5.41) is 11.6. The summed E-state index contributed by atoms with van der Waals surface area (Å²) in [7, 11) is 3.02. The summed E-state index contributed by atoms with van der Waals surface area (Å²) in [5.41, 5.74) is 0.656. The zero-order valence-corrected chi connectivity index (χ0v) is 13.1. The predicted molar refractivity (Wildman–Crippen MR) is 79.4 cm³/mol. The van der Waals surface area contributed by atoms with Crippen molar-refractivity contribution >= 4 is 33.4 Å². The van der Waals surface area contributed by atoms with Crippen LogP contribution in [0.15, 0.2) is 0 Å². The molecule has 0 saturated carbocycles. The largest absolute Gasteiger partial charge is 0.480 e. The van der Waals surface area contributed by atoms with Crippen LogP contribution in [0.3, 0.4) is 0 Å². The third kappa shape index (κ3) is 3.15. The number of carboxylic acid groups (broad SMARTS) is 1. The van der Waals surface area contributed by atoms with E-state index in [1.54, 1.807) is 6.92 Å². The molecule has 0 radical (unpaired) electrons. The first-order chi connectivity index (χ1) is 10.5. The van der Waals surface area contributed by atoms with Crippen molar-refractivity contribution in [1.29, 1.82) is 0 Å². The predicted octanol–water partition coefficient (Wildman–Crippen LogP) is 0.969. The molecule has 22 heavy (non-hydrogen) atoms. The average Bonchev–Trinajstić information content (AvgIpc) is 2.81. The number of fused-ring (bicyclic) bond motifs is 1. The number of rotatable bonds is 6. The summed E-state index contributed by atoms with van der Waals surface area (Å²) >= 11 is 1.16. The topological polar surface area (TPSA) is 111 Å². The first-order valence-corrected chi connectivity index (χ1v) is 7.12. The van der Waals surface area contributed by atoms with Crippen molar-refractivity contribution in [3.8, 4) is 5.88 Å². The molecule has 0 saturated heterocycles. The Bertz CT molecular complexity index is 728. The Hall–Kier alpha value is -2.26. The molecule has 2 N–H and O–H groups in total.